The normalized spacial score (nSPS) is 18.9. The molecule has 0 bridgehead atoms. The summed E-state index contributed by atoms with van der Waals surface area (Å²) in [7, 11) is 0. The highest BCUT2D eigenvalue weighted by molar-refractivity contribution is 8.16. The molecule has 2 aliphatic rings. The molecule has 4 nitrogen and oxygen atoms in total. The highest BCUT2D eigenvalue weighted by Crippen LogP contribution is 2.42. The summed E-state index contributed by atoms with van der Waals surface area (Å²) in [4.78, 5) is 19.7. The molecule has 0 saturated carbocycles. The van der Waals surface area contributed by atoms with Crippen LogP contribution in [0, 0.1) is 0 Å². The predicted octanol–water partition coefficient (Wildman–Crippen LogP) is 5.58. The molecule has 0 spiro atoms. The van der Waals surface area contributed by atoms with Crippen molar-refractivity contribution in [3.05, 3.63) is 52.6 Å². The Morgan fingerprint density at radius 2 is 1.96 bits per heavy atom. The Kier molecular flexibility index (Phi) is 6.78. The van der Waals surface area contributed by atoms with Crippen molar-refractivity contribution >= 4 is 28.6 Å². The average molecular weight is 385 g/mol. The molecule has 0 aliphatic carbocycles. The first-order valence-electron chi connectivity index (χ1n) is 9.85. The van der Waals surface area contributed by atoms with E-state index in [0.717, 1.165) is 35.0 Å². The van der Waals surface area contributed by atoms with Crippen molar-refractivity contribution < 1.29 is 9.53 Å². The lowest BCUT2D eigenvalue weighted by Gasteiger charge is -2.36. The van der Waals surface area contributed by atoms with Gasteiger partial charge in [0.05, 0.1) is 29.6 Å². The molecule has 2 heterocycles. The number of unbranched alkanes of at least 4 members (excludes halogenated alkanes) is 3. The van der Waals surface area contributed by atoms with Crippen LogP contribution in [0.15, 0.2) is 52.0 Å². The predicted molar refractivity (Wildman–Crippen MR) is 113 cm³/mol. The molecule has 0 N–H and O–H groups in total. The quantitative estimate of drug-likeness (QED) is 0.433. The van der Waals surface area contributed by atoms with E-state index in [4.69, 9.17) is 9.73 Å². The Labute approximate surface area is 166 Å². The molecule has 1 aromatic carbocycles. The summed E-state index contributed by atoms with van der Waals surface area (Å²) >= 11 is 1.64. The van der Waals surface area contributed by atoms with Gasteiger partial charge < -0.3 is 9.64 Å². The molecule has 0 fully saturated rings. The van der Waals surface area contributed by atoms with Gasteiger partial charge in [-0.1, -0.05) is 74.7 Å². The Morgan fingerprint density at radius 3 is 2.67 bits per heavy atom. The van der Waals surface area contributed by atoms with Crippen molar-refractivity contribution in [2.75, 3.05) is 6.61 Å². The fraction of sp³-hybridized carbons (Fsp3) is 0.455. The largest absolute Gasteiger partial charge is 0.463 e. The Balaban J connectivity index is 1.93. The molecule has 0 saturated heterocycles. The van der Waals surface area contributed by atoms with Crippen molar-refractivity contribution in [3.63, 3.8) is 0 Å². The highest BCUT2D eigenvalue weighted by Gasteiger charge is 2.39. The van der Waals surface area contributed by atoms with Gasteiger partial charge in [0.2, 0.25) is 0 Å². The number of benzene rings is 1. The maximum Gasteiger partial charge on any atom is 0.337 e. The van der Waals surface area contributed by atoms with Gasteiger partial charge in [0.25, 0.3) is 0 Å². The summed E-state index contributed by atoms with van der Waals surface area (Å²) in [6.07, 6.45) is 5.62. The fourth-order valence-corrected chi connectivity index (χ4v) is 4.62. The molecule has 3 rings (SSSR count). The number of thioether (sulfide) groups is 1. The molecule has 1 unspecified atom stereocenters. The minimum Gasteiger partial charge on any atom is -0.463 e. The second kappa shape index (κ2) is 9.27. The molecule has 144 valence electrons. The van der Waals surface area contributed by atoms with Crippen molar-refractivity contribution in [1.29, 1.82) is 0 Å². The lowest BCUT2D eigenvalue weighted by molar-refractivity contribution is -0.139. The second-order valence-electron chi connectivity index (χ2n) is 6.84. The van der Waals surface area contributed by atoms with E-state index in [2.05, 4.69) is 29.4 Å². The third kappa shape index (κ3) is 4.29. The first-order valence-corrected chi connectivity index (χ1v) is 10.7. The number of amidine groups is 1. The number of nitrogens with zero attached hydrogens (tertiary/aromatic N) is 2. The Bertz CT molecular complexity index is 768. The van der Waals surface area contributed by atoms with Gasteiger partial charge in [0, 0.05) is 5.41 Å². The van der Waals surface area contributed by atoms with Crippen LogP contribution in [0.5, 0.6) is 0 Å². The topological polar surface area (TPSA) is 41.9 Å². The number of rotatable bonds is 8. The van der Waals surface area contributed by atoms with E-state index in [1.165, 1.54) is 19.3 Å². The summed E-state index contributed by atoms with van der Waals surface area (Å²) in [6.45, 7) is 6.37. The highest BCUT2D eigenvalue weighted by atomic mass is 32.2. The van der Waals surface area contributed by atoms with Crippen molar-refractivity contribution in [1.82, 2.24) is 4.90 Å². The first kappa shape index (κ1) is 19.7. The molecule has 2 aliphatic heterocycles. The molecule has 1 aromatic rings. The number of aliphatic imine (C=N–C) groups is 1. The lowest BCUT2D eigenvalue weighted by Crippen LogP contribution is -2.42. The second-order valence-corrected chi connectivity index (χ2v) is 7.67. The zero-order valence-corrected chi connectivity index (χ0v) is 17.2. The van der Waals surface area contributed by atoms with Gasteiger partial charge in [-0.15, -0.1) is 0 Å². The molecule has 27 heavy (non-hydrogen) atoms. The molecule has 5 heteroatoms. The van der Waals surface area contributed by atoms with Crippen molar-refractivity contribution in [3.8, 4) is 0 Å². The number of hydrogen-bond donors (Lipinski definition) is 0. The summed E-state index contributed by atoms with van der Waals surface area (Å²) in [5.74, 6) is -0.234. The number of carbonyl (C=O) groups is 1. The molecular formula is C22H28N2O2S. The van der Waals surface area contributed by atoms with E-state index >= 15 is 0 Å². The molecular weight excluding hydrogens is 356 g/mol. The minimum absolute atomic E-state index is 0.0186. The number of carbonyl (C=O) groups excluding carboxylic acids is 1. The van der Waals surface area contributed by atoms with E-state index in [9.17, 15) is 4.79 Å². The first-order chi connectivity index (χ1) is 13.2. The summed E-state index contributed by atoms with van der Waals surface area (Å²) in [5, 5.41) is 3.11. The monoisotopic (exact) mass is 384 g/mol. The molecule has 0 amide bonds. The van der Waals surface area contributed by atoms with Crippen LogP contribution >= 0.6 is 11.8 Å². The standard InChI is InChI=1S/C22H28N2O2S/c1-4-6-7-11-14-18-20(21(25)26-5-2)16(3)23-22-24(18)19(15-27-22)17-12-9-8-10-13-17/h8-10,12-13,15,18H,4-7,11,14H2,1-3H3. The van der Waals surface area contributed by atoms with Crippen LogP contribution in [-0.2, 0) is 9.53 Å². The van der Waals surface area contributed by atoms with E-state index in [1.54, 1.807) is 11.8 Å². The van der Waals surface area contributed by atoms with Gasteiger partial charge in [-0.25, -0.2) is 9.79 Å². The maximum atomic E-state index is 12.7. The lowest BCUT2D eigenvalue weighted by atomic mass is 9.95. The van der Waals surface area contributed by atoms with Crippen LogP contribution in [0.25, 0.3) is 5.70 Å². The Hall–Kier alpha value is -2.01. The summed E-state index contributed by atoms with van der Waals surface area (Å²) < 4.78 is 5.38. The number of hydrogen-bond acceptors (Lipinski definition) is 5. The SMILES string of the molecule is CCCCCCC1C(C(=O)OCC)=C(C)N=C2SC=C(c3ccccc3)N21. The van der Waals surface area contributed by atoms with E-state index in [-0.39, 0.29) is 12.0 Å². The molecule has 1 atom stereocenters. The van der Waals surface area contributed by atoms with Crippen LogP contribution < -0.4 is 0 Å². The maximum absolute atomic E-state index is 12.7. The van der Waals surface area contributed by atoms with Gasteiger partial charge in [-0.05, 0) is 25.8 Å². The van der Waals surface area contributed by atoms with Gasteiger partial charge >= 0.3 is 5.97 Å². The van der Waals surface area contributed by atoms with Crippen LogP contribution in [0.2, 0.25) is 0 Å². The Morgan fingerprint density at radius 1 is 1.19 bits per heavy atom. The third-order valence-corrected chi connectivity index (χ3v) is 5.78. The fourth-order valence-electron chi connectivity index (χ4n) is 3.63. The zero-order valence-electron chi connectivity index (χ0n) is 16.4. The van der Waals surface area contributed by atoms with E-state index in [1.807, 2.05) is 32.0 Å². The minimum atomic E-state index is -0.234. The molecule has 0 aromatic heterocycles. The average Bonchev–Trinajstić information content (AvgIpc) is 3.09. The zero-order chi connectivity index (χ0) is 19.2. The summed E-state index contributed by atoms with van der Waals surface area (Å²) in [6, 6.07) is 10.3. The molecule has 0 radical (unpaired) electrons. The van der Waals surface area contributed by atoms with E-state index in [0.29, 0.717) is 12.2 Å². The van der Waals surface area contributed by atoms with Gasteiger partial charge in [-0.2, -0.15) is 0 Å². The van der Waals surface area contributed by atoms with Crippen LogP contribution in [-0.4, -0.2) is 28.7 Å². The van der Waals surface area contributed by atoms with Crippen LogP contribution in [0.3, 0.4) is 0 Å². The number of ether oxygens (including phenoxy) is 1. The van der Waals surface area contributed by atoms with Gasteiger partial charge in [-0.3, -0.25) is 0 Å². The van der Waals surface area contributed by atoms with Gasteiger partial charge in [0.15, 0.2) is 5.17 Å². The van der Waals surface area contributed by atoms with Gasteiger partial charge in [0.1, 0.15) is 0 Å². The van der Waals surface area contributed by atoms with Crippen LogP contribution in [0.1, 0.15) is 58.4 Å². The van der Waals surface area contributed by atoms with Crippen molar-refractivity contribution in [2.24, 2.45) is 4.99 Å². The van der Waals surface area contributed by atoms with Crippen LogP contribution in [0.4, 0.5) is 0 Å². The number of fused-ring (bicyclic) bond motifs is 1. The third-order valence-electron chi connectivity index (χ3n) is 4.94. The summed E-state index contributed by atoms with van der Waals surface area (Å²) in [5.41, 5.74) is 3.77. The van der Waals surface area contributed by atoms with E-state index < -0.39 is 0 Å². The van der Waals surface area contributed by atoms with Crippen molar-refractivity contribution in [2.45, 2.75) is 58.9 Å². The number of esters is 1. The number of allylic oxidation sites excluding steroid dienone is 1. The smallest absolute Gasteiger partial charge is 0.337 e.